The fourth-order valence-electron chi connectivity index (χ4n) is 3.68. The Morgan fingerprint density at radius 1 is 1.09 bits per heavy atom. The lowest BCUT2D eigenvalue weighted by molar-refractivity contribution is -0.0511. The van der Waals surface area contributed by atoms with E-state index in [1.54, 1.807) is 13.2 Å². The highest BCUT2D eigenvalue weighted by Crippen LogP contribution is 2.32. The maximum absolute atomic E-state index is 13.2. The van der Waals surface area contributed by atoms with Gasteiger partial charge in [-0.2, -0.15) is 0 Å². The lowest BCUT2D eigenvalue weighted by Gasteiger charge is -2.25. The van der Waals surface area contributed by atoms with Gasteiger partial charge in [-0.25, -0.2) is 4.79 Å². The maximum atomic E-state index is 13.2. The van der Waals surface area contributed by atoms with E-state index in [1.165, 1.54) is 7.11 Å². The van der Waals surface area contributed by atoms with E-state index in [0.29, 0.717) is 36.5 Å². The summed E-state index contributed by atoms with van der Waals surface area (Å²) in [4.78, 5) is 13.2. The highest BCUT2D eigenvalue weighted by molar-refractivity contribution is 5.94. The van der Waals surface area contributed by atoms with E-state index in [2.05, 4.69) is 12.2 Å². The third-order valence-corrected chi connectivity index (χ3v) is 5.40. The van der Waals surface area contributed by atoms with Crippen LogP contribution in [0.3, 0.4) is 0 Å². The standard InChI is InChI=1S/C26H32O6/c1-19-23(30-17-20-11-7-6-8-12-20)14-10-5-4-9-13-21-15-22(31-18-28-2)16-24(29-3)25(21)26(27)32-19/h5-8,10-12,15-16,19,23H,4,9,13-14,17-18H2,1-3H3/t19-,23+/m1/s1. The summed E-state index contributed by atoms with van der Waals surface area (Å²) in [6.07, 6.45) is 6.76. The second kappa shape index (κ2) is 12.3. The molecule has 6 nitrogen and oxygen atoms in total. The quantitative estimate of drug-likeness (QED) is 0.339. The molecule has 6 heteroatoms. The Morgan fingerprint density at radius 2 is 1.91 bits per heavy atom. The number of rotatable bonds is 7. The van der Waals surface area contributed by atoms with Crippen LogP contribution in [0.5, 0.6) is 11.5 Å². The molecule has 0 saturated carbocycles. The average Bonchev–Trinajstić information content (AvgIpc) is 2.81. The van der Waals surface area contributed by atoms with Gasteiger partial charge in [0.05, 0.1) is 19.8 Å². The van der Waals surface area contributed by atoms with E-state index >= 15 is 0 Å². The van der Waals surface area contributed by atoms with Crippen LogP contribution in [0.15, 0.2) is 54.6 Å². The summed E-state index contributed by atoms with van der Waals surface area (Å²) < 4.78 is 28.1. The smallest absolute Gasteiger partial charge is 0.342 e. The number of hydrogen-bond acceptors (Lipinski definition) is 6. The van der Waals surface area contributed by atoms with E-state index in [4.69, 9.17) is 23.7 Å². The molecule has 0 amide bonds. The Kier molecular flexibility index (Phi) is 9.13. The molecule has 0 aliphatic carbocycles. The number of aryl methyl sites for hydroxylation is 1. The predicted molar refractivity (Wildman–Crippen MR) is 122 cm³/mol. The topological polar surface area (TPSA) is 63.2 Å². The molecule has 0 aromatic heterocycles. The van der Waals surface area contributed by atoms with Crippen LogP contribution in [0.1, 0.15) is 47.7 Å². The number of methoxy groups -OCH3 is 2. The van der Waals surface area contributed by atoms with Crippen molar-refractivity contribution in [3.05, 3.63) is 71.3 Å². The first-order valence-corrected chi connectivity index (χ1v) is 11.0. The molecule has 0 N–H and O–H groups in total. The minimum atomic E-state index is -0.433. The van der Waals surface area contributed by atoms with Gasteiger partial charge in [0.25, 0.3) is 0 Å². The van der Waals surface area contributed by atoms with Gasteiger partial charge in [-0.15, -0.1) is 0 Å². The Labute approximate surface area is 190 Å². The Morgan fingerprint density at radius 3 is 2.66 bits per heavy atom. The fourth-order valence-corrected chi connectivity index (χ4v) is 3.68. The van der Waals surface area contributed by atoms with Crippen molar-refractivity contribution in [2.45, 2.75) is 51.4 Å². The van der Waals surface area contributed by atoms with Crippen molar-refractivity contribution in [2.24, 2.45) is 0 Å². The lowest BCUT2D eigenvalue weighted by atomic mass is 9.99. The molecule has 2 atom stereocenters. The number of benzene rings is 2. The van der Waals surface area contributed by atoms with E-state index in [-0.39, 0.29) is 12.9 Å². The molecule has 3 rings (SSSR count). The van der Waals surface area contributed by atoms with Crippen LogP contribution in [0.2, 0.25) is 0 Å². The molecule has 32 heavy (non-hydrogen) atoms. The lowest BCUT2D eigenvalue weighted by Crippen LogP contribution is -2.31. The van der Waals surface area contributed by atoms with E-state index in [0.717, 1.165) is 24.0 Å². The number of cyclic esters (lactones) is 1. The van der Waals surface area contributed by atoms with E-state index in [9.17, 15) is 4.79 Å². The zero-order valence-corrected chi connectivity index (χ0v) is 19.0. The minimum Gasteiger partial charge on any atom is -0.496 e. The second-order valence-electron chi connectivity index (χ2n) is 7.76. The SMILES string of the molecule is COCOc1cc2c(c(OC)c1)C(=O)O[C@H](C)[C@@H](OCc1ccccc1)CC=CCCC2. The zero-order valence-electron chi connectivity index (χ0n) is 19.0. The average molecular weight is 441 g/mol. The van der Waals surface area contributed by atoms with Gasteiger partial charge in [0.15, 0.2) is 6.79 Å². The first kappa shape index (κ1) is 23.8. The number of carbonyl (C=O) groups is 1. The normalized spacial score (nSPS) is 19.3. The first-order valence-electron chi connectivity index (χ1n) is 11.0. The third-order valence-electron chi connectivity index (χ3n) is 5.40. The molecule has 0 radical (unpaired) electrons. The van der Waals surface area contributed by atoms with Crippen molar-refractivity contribution >= 4 is 5.97 Å². The van der Waals surface area contributed by atoms with Crippen LogP contribution in [-0.2, 0) is 27.2 Å². The Hall–Kier alpha value is -2.83. The zero-order chi connectivity index (χ0) is 22.8. The number of fused-ring (bicyclic) bond motifs is 1. The summed E-state index contributed by atoms with van der Waals surface area (Å²) in [5, 5.41) is 0. The number of carbonyl (C=O) groups excluding carboxylic acids is 1. The molecule has 0 bridgehead atoms. The highest BCUT2D eigenvalue weighted by atomic mass is 16.7. The van der Waals surface area contributed by atoms with Gasteiger partial charge in [0.1, 0.15) is 23.2 Å². The van der Waals surface area contributed by atoms with Gasteiger partial charge < -0.3 is 23.7 Å². The van der Waals surface area contributed by atoms with Crippen LogP contribution in [0.4, 0.5) is 0 Å². The molecule has 1 aliphatic rings. The van der Waals surface area contributed by atoms with E-state index in [1.807, 2.05) is 43.3 Å². The van der Waals surface area contributed by atoms with Gasteiger partial charge >= 0.3 is 5.97 Å². The first-order chi connectivity index (χ1) is 15.6. The molecule has 0 saturated heterocycles. The maximum Gasteiger partial charge on any atom is 0.342 e. The van der Waals surface area contributed by atoms with Crippen molar-refractivity contribution in [2.75, 3.05) is 21.0 Å². The molecular formula is C26H32O6. The predicted octanol–water partition coefficient (Wildman–Crippen LogP) is 5.09. The van der Waals surface area contributed by atoms with Gasteiger partial charge in [-0.05, 0) is 49.8 Å². The summed E-state index contributed by atoms with van der Waals surface area (Å²) in [6, 6.07) is 13.5. The summed E-state index contributed by atoms with van der Waals surface area (Å²) in [5.41, 5.74) is 2.36. The van der Waals surface area contributed by atoms with Crippen molar-refractivity contribution in [1.82, 2.24) is 0 Å². The number of ether oxygens (including phenoxy) is 5. The molecule has 0 fully saturated rings. The molecular weight excluding hydrogens is 408 g/mol. The van der Waals surface area contributed by atoms with Gasteiger partial charge in [-0.3, -0.25) is 0 Å². The summed E-state index contributed by atoms with van der Waals surface area (Å²) in [7, 11) is 3.10. The van der Waals surface area contributed by atoms with E-state index < -0.39 is 12.1 Å². The van der Waals surface area contributed by atoms with Crippen molar-refractivity contribution < 1.29 is 28.5 Å². The van der Waals surface area contributed by atoms with Crippen LogP contribution < -0.4 is 9.47 Å². The molecule has 1 aliphatic heterocycles. The van der Waals surface area contributed by atoms with Crippen LogP contribution >= 0.6 is 0 Å². The van der Waals surface area contributed by atoms with Crippen molar-refractivity contribution in [3.63, 3.8) is 0 Å². The van der Waals surface area contributed by atoms with Crippen molar-refractivity contribution in [3.8, 4) is 11.5 Å². The van der Waals surface area contributed by atoms with Crippen molar-refractivity contribution in [1.29, 1.82) is 0 Å². The molecule has 2 aromatic carbocycles. The third kappa shape index (κ3) is 6.58. The Balaban J connectivity index is 1.83. The van der Waals surface area contributed by atoms with Crippen LogP contribution in [0, 0.1) is 0 Å². The highest BCUT2D eigenvalue weighted by Gasteiger charge is 2.26. The summed E-state index contributed by atoms with van der Waals surface area (Å²) >= 11 is 0. The molecule has 0 spiro atoms. The van der Waals surface area contributed by atoms with Crippen LogP contribution in [0.25, 0.3) is 0 Å². The van der Waals surface area contributed by atoms with Crippen LogP contribution in [-0.4, -0.2) is 39.2 Å². The largest absolute Gasteiger partial charge is 0.496 e. The molecule has 1 heterocycles. The Bertz CT molecular complexity index is 893. The second-order valence-corrected chi connectivity index (χ2v) is 7.76. The molecule has 2 aromatic rings. The molecule has 0 unspecified atom stereocenters. The van der Waals surface area contributed by atoms with Gasteiger partial charge in [-0.1, -0.05) is 42.5 Å². The number of hydrogen-bond donors (Lipinski definition) is 0. The van der Waals surface area contributed by atoms with Gasteiger partial charge in [0, 0.05) is 13.2 Å². The summed E-state index contributed by atoms with van der Waals surface area (Å²) in [6.45, 7) is 2.45. The minimum absolute atomic E-state index is 0.118. The van der Waals surface area contributed by atoms with Gasteiger partial charge in [0.2, 0.25) is 0 Å². The fraction of sp³-hybridized carbons (Fsp3) is 0.423. The number of esters is 1. The molecule has 172 valence electrons. The summed E-state index contributed by atoms with van der Waals surface area (Å²) in [5.74, 6) is 0.607. The monoisotopic (exact) mass is 440 g/mol. The number of allylic oxidation sites excluding steroid dienone is 1.